The normalized spacial score (nSPS) is 16.8. The highest BCUT2D eigenvalue weighted by atomic mass is 79.9. The molecule has 3 atom stereocenters. The van der Waals surface area contributed by atoms with Gasteiger partial charge >= 0.3 is 6.18 Å². The molecule has 4 aromatic rings. The Morgan fingerprint density at radius 3 is 2.29 bits per heavy atom. The van der Waals surface area contributed by atoms with Gasteiger partial charge in [-0.3, -0.25) is 14.4 Å². The summed E-state index contributed by atoms with van der Waals surface area (Å²) in [6.07, 6.45) is -7.61. The lowest BCUT2D eigenvalue weighted by Crippen LogP contribution is -2.63. The number of benzene rings is 4. The maximum atomic E-state index is 14.7. The summed E-state index contributed by atoms with van der Waals surface area (Å²) in [5, 5.41) is 14.3. The van der Waals surface area contributed by atoms with Gasteiger partial charge in [-0.05, 0) is 72.8 Å². The molecule has 0 spiro atoms. The number of hydrogen-bond donors (Lipinski definition) is 3. The number of amides is 3. The number of methoxy groups -OCH3 is 1. The van der Waals surface area contributed by atoms with E-state index in [0.29, 0.717) is 22.7 Å². The minimum absolute atomic E-state index is 0. The Labute approximate surface area is 289 Å². The molecule has 9 nitrogen and oxygen atoms in total. The minimum atomic E-state index is -4.89. The Hall–Kier alpha value is -4.17. The van der Waals surface area contributed by atoms with Crippen molar-refractivity contribution in [2.75, 3.05) is 30.5 Å². The summed E-state index contributed by atoms with van der Waals surface area (Å²) in [6, 6.07) is 20.5. The lowest BCUT2D eigenvalue weighted by atomic mass is 9.83. The number of aliphatic hydroxyl groups is 1. The monoisotopic (exact) mass is 748 g/mol. The lowest BCUT2D eigenvalue weighted by Gasteiger charge is -2.36. The zero-order chi connectivity index (χ0) is 34.3. The molecule has 0 radical (unpaired) electrons. The van der Waals surface area contributed by atoms with E-state index in [0.717, 1.165) is 27.4 Å². The van der Waals surface area contributed by atoms with Crippen LogP contribution in [0.15, 0.2) is 83.3 Å². The number of rotatable bonds is 8. The van der Waals surface area contributed by atoms with Crippen molar-refractivity contribution < 1.29 is 37.4 Å². The second-order valence-corrected chi connectivity index (χ2v) is 12.3. The second-order valence-electron chi connectivity index (χ2n) is 11.4. The first-order valence-corrected chi connectivity index (χ1v) is 15.3. The number of hydrogen-bond acceptors (Lipinski definition) is 6. The van der Waals surface area contributed by atoms with Crippen LogP contribution in [-0.4, -0.2) is 55.2 Å². The summed E-state index contributed by atoms with van der Waals surface area (Å²) < 4.78 is 45.9. The number of nitrogens with one attached hydrogen (secondary N) is 1. The standard InChI is InChI=1S/C34H32BrF3N4O5.ClH/c1-33(40-2,32(39)46)25-18-42(30(44)20-10-8-19(9-11-20)29(43)34(36,37)38)27-7-5-4-6-26(27)41(31(25)45)17-24-23-14-13-22(35)16-21(23)12-15-28(24)47-3;/h4-16,25,29,40,43H,17-18H2,1-3H3,(H2,39,46);1H/t25-,29?,33?;/m1./s1. The fraction of sp³-hybridized carbons (Fsp3) is 0.265. The van der Waals surface area contributed by atoms with Gasteiger partial charge in [0.05, 0.1) is 30.9 Å². The van der Waals surface area contributed by atoms with Crippen LogP contribution in [0.2, 0.25) is 0 Å². The fourth-order valence-corrected chi connectivity index (χ4v) is 6.23. The molecular formula is C34H33BrClF3N4O5. The summed E-state index contributed by atoms with van der Waals surface area (Å²) in [6.45, 7) is 1.19. The van der Waals surface area contributed by atoms with Gasteiger partial charge in [0.25, 0.3) is 5.91 Å². The summed E-state index contributed by atoms with van der Waals surface area (Å²) in [7, 11) is 3.01. The third kappa shape index (κ3) is 6.73. The maximum Gasteiger partial charge on any atom is 0.418 e. The highest BCUT2D eigenvalue weighted by Gasteiger charge is 2.49. The number of nitrogens with two attached hydrogens (primary N) is 1. The number of carbonyl (C=O) groups excluding carboxylic acids is 3. The predicted octanol–water partition coefficient (Wildman–Crippen LogP) is 5.90. The quantitative estimate of drug-likeness (QED) is 0.206. The van der Waals surface area contributed by atoms with E-state index in [1.54, 1.807) is 30.3 Å². The molecule has 2 unspecified atom stereocenters. The van der Waals surface area contributed by atoms with E-state index in [1.807, 2.05) is 24.3 Å². The Kier molecular flexibility index (Phi) is 10.8. The van der Waals surface area contributed by atoms with Crippen LogP contribution < -0.4 is 25.6 Å². The van der Waals surface area contributed by atoms with Gasteiger partial charge in [0.15, 0.2) is 6.10 Å². The van der Waals surface area contributed by atoms with Crippen LogP contribution in [0, 0.1) is 5.92 Å². The number of halogens is 5. The molecule has 4 aromatic carbocycles. The van der Waals surface area contributed by atoms with Crippen LogP contribution in [0.5, 0.6) is 5.75 Å². The van der Waals surface area contributed by atoms with E-state index >= 15 is 0 Å². The van der Waals surface area contributed by atoms with E-state index in [-0.39, 0.29) is 31.1 Å². The first-order valence-electron chi connectivity index (χ1n) is 14.5. The first kappa shape index (κ1) is 36.7. The molecule has 14 heteroatoms. The molecule has 1 aliphatic heterocycles. The van der Waals surface area contributed by atoms with Crippen LogP contribution in [-0.2, 0) is 16.1 Å². The van der Waals surface area contributed by atoms with Crippen molar-refractivity contribution in [3.63, 3.8) is 0 Å². The molecule has 0 bridgehead atoms. The van der Waals surface area contributed by atoms with Crippen LogP contribution >= 0.6 is 28.3 Å². The molecule has 0 aromatic heterocycles. The second kappa shape index (κ2) is 14.1. The van der Waals surface area contributed by atoms with Gasteiger partial charge in [0.1, 0.15) is 11.3 Å². The van der Waals surface area contributed by atoms with Crippen molar-refractivity contribution in [3.8, 4) is 5.75 Å². The number of nitrogens with zero attached hydrogens (tertiary/aromatic N) is 2. The van der Waals surface area contributed by atoms with Crippen molar-refractivity contribution in [1.82, 2.24) is 5.32 Å². The molecule has 0 saturated heterocycles. The van der Waals surface area contributed by atoms with Crippen molar-refractivity contribution in [3.05, 3.63) is 100 Å². The molecular weight excluding hydrogens is 717 g/mol. The largest absolute Gasteiger partial charge is 0.496 e. The van der Waals surface area contributed by atoms with Crippen LogP contribution in [0.3, 0.4) is 0 Å². The topological polar surface area (TPSA) is 125 Å². The summed E-state index contributed by atoms with van der Waals surface area (Å²) in [4.78, 5) is 44.6. The van der Waals surface area contributed by atoms with Gasteiger partial charge in [-0.25, -0.2) is 0 Å². The smallest absolute Gasteiger partial charge is 0.418 e. The first-order chi connectivity index (χ1) is 22.2. The average Bonchev–Trinajstić information content (AvgIpc) is 3.17. The highest BCUT2D eigenvalue weighted by Crippen LogP contribution is 2.41. The van der Waals surface area contributed by atoms with Gasteiger partial charge in [-0.2, -0.15) is 13.2 Å². The Morgan fingerprint density at radius 1 is 1.06 bits per heavy atom. The molecule has 3 amide bonds. The Morgan fingerprint density at radius 2 is 1.71 bits per heavy atom. The van der Waals surface area contributed by atoms with Crippen LogP contribution in [0.4, 0.5) is 24.5 Å². The van der Waals surface area contributed by atoms with E-state index in [9.17, 15) is 32.7 Å². The number of fused-ring (bicyclic) bond motifs is 2. The van der Waals surface area contributed by atoms with Gasteiger partial charge < -0.3 is 30.7 Å². The van der Waals surface area contributed by atoms with Gasteiger partial charge in [-0.1, -0.05) is 52.3 Å². The Balaban J connectivity index is 0.00000520. The highest BCUT2D eigenvalue weighted by molar-refractivity contribution is 9.10. The number of carbonyl (C=O) groups is 3. The number of primary amides is 1. The third-order valence-corrected chi connectivity index (χ3v) is 9.23. The van der Waals surface area contributed by atoms with E-state index in [2.05, 4.69) is 21.2 Å². The summed E-state index contributed by atoms with van der Waals surface area (Å²) >= 11 is 3.50. The molecule has 4 N–H and O–H groups in total. The maximum absolute atomic E-state index is 14.7. The number of alkyl halides is 3. The Bertz CT molecular complexity index is 1860. The third-order valence-electron chi connectivity index (χ3n) is 8.74. The molecule has 1 aliphatic rings. The average molecular weight is 750 g/mol. The fourth-order valence-electron chi connectivity index (χ4n) is 5.85. The molecule has 0 fully saturated rings. The summed E-state index contributed by atoms with van der Waals surface area (Å²) in [5.41, 5.74) is 5.18. The van der Waals surface area contributed by atoms with Crippen molar-refractivity contribution in [2.45, 2.75) is 31.3 Å². The number of para-hydroxylation sites is 2. The molecule has 48 heavy (non-hydrogen) atoms. The van der Waals surface area contributed by atoms with Crippen molar-refractivity contribution in [2.24, 2.45) is 11.7 Å². The number of ether oxygens (including phenoxy) is 1. The molecule has 1 heterocycles. The van der Waals surface area contributed by atoms with Gasteiger partial charge in [0.2, 0.25) is 11.8 Å². The number of aliphatic hydroxyl groups excluding tert-OH is 1. The molecule has 5 rings (SSSR count). The lowest BCUT2D eigenvalue weighted by molar-refractivity contribution is -0.206. The molecule has 0 saturated carbocycles. The van der Waals surface area contributed by atoms with E-state index in [1.165, 1.54) is 43.0 Å². The van der Waals surface area contributed by atoms with Gasteiger partial charge in [0, 0.05) is 22.1 Å². The number of anilines is 2. The van der Waals surface area contributed by atoms with Gasteiger partial charge in [-0.15, -0.1) is 12.4 Å². The van der Waals surface area contributed by atoms with E-state index in [4.69, 9.17) is 10.5 Å². The van der Waals surface area contributed by atoms with E-state index < -0.39 is 47.0 Å². The zero-order valence-electron chi connectivity index (χ0n) is 26.0. The van der Waals surface area contributed by atoms with Crippen LogP contribution in [0.1, 0.15) is 34.5 Å². The van der Waals surface area contributed by atoms with Crippen molar-refractivity contribution >= 4 is 68.2 Å². The SMILES string of the molecule is CNC(C)(C(N)=O)[C@@H]1CN(C(=O)c2ccc(C(O)C(F)(F)F)cc2)c2ccccc2N(Cc2c(OC)ccc3cc(Br)ccc23)C1=O.Cl. The minimum Gasteiger partial charge on any atom is -0.496 e. The number of likely N-dealkylation sites (N-methyl/N-ethyl adjacent to an activating group) is 1. The molecule has 0 aliphatic carbocycles. The van der Waals surface area contributed by atoms with Crippen molar-refractivity contribution in [1.29, 1.82) is 0 Å². The zero-order valence-corrected chi connectivity index (χ0v) is 28.4. The molecule has 254 valence electrons. The summed E-state index contributed by atoms with van der Waals surface area (Å²) in [5.74, 6) is -2.65. The predicted molar refractivity (Wildman–Crippen MR) is 182 cm³/mol. The van der Waals surface area contributed by atoms with Crippen LogP contribution in [0.25, 0.3) is 10.8 Å².